The predicted molar refractivity (Wildman–Crippen MR) is 92.5 cm³/mol. The van der Waals surface area contributed by atoms with Gasteiger partial charge in [0.05, 0.1) is 0 Å². The molecule has 0 saturated carbocycles. The predicted octanol–water partition coefficient (Wildman–Crippen LogP) is 2.94. The fourth-order valence-corrected chi connectivity index (χ4v) is 4.96. The van der Waals surface area contributed by atoms with Gasteiger partial charge in [-0.1, -0.05) is 12.8 Å². The Morgan fingerprint density at radius 3 is 2.61 bits per heavy atom. The van der Waals surface area contributed by atoms with Crippen molar-refractivity contribution in [2.24, 2.45) is 5.92 Å². The second-order valence-corrected chi connectivity index (χ2v) is 8.80. The van der Waals surface area contributed by atoms with Crippen molar-refractivity contribution >= 4 is 21.8 Å². The van der Waals surface area contributed by atoms with Gasteiger partial charge in [0, 0.05) is 6.42 Å². The lowest BCUT2D eigenvalue weighted by Gasteiger charge is -2.28. The maximum absolute atomic E-state index is 15.1. The lowest BCUT2D eigenvalue weighted by atomic mass is 9.80. The summed E-state index contributed by atoms with van der Waals surface area (Å²) >= 11 is 0. The smallest absolute Gasteiger partial charge is 0.389 e. The maximum atomic E-state index is 15.1. The van der Waals surface area contributed by atoms with Crippen molar-refractivity contribution in [2.45, 2.75) is 51.1 Å². The molecule has 1 aromatic carbocycles. The Morgan fingerprint density at radius 2 is 2.00 bits per heavy atom. The summed E-state index contributed by atoms with van der Waals surface area (Å²) in [5.41, 5.74) is 0.213. The molecule has 0 bridgehead atoms. The number of carbonyl (C=O) groups is 1. The topological polar surface area (TPSA) is 86.7 Å². The molecule has 1 atom stereocenters. The number of nitrogens with one attached hydrogen (secondary N) is 1. The molecule has 1 aromatic rings. The molecule has 1 fully saturated rings. The minimum atomic E-state index is -4.28. The highest BCUT2D eigenvalue weighted by Crippen LogP contribution is 2.41. The van der Waals surface area contributed by atoms with Gasteiger partial charge in [0.15, 0.2) is 5.82 Å². The van der Waals surface area contributed by atoms with Crippen molar-refractivity contribution in [3.8, 4) is 5.75 Å². The fraction of sp³-hybridized carbons (Fsp3) is 0.588. The van der Waals surface area contributed by atoms with E-state index in [0.717, 1.165) is 0 Å². The molecule has 6 nitrogen and oxygen atoms in total. The number of rotatable bonds is 5. The van der Waals surface area contributed by atoms with Crippen molar-refractivity contribution in [3.05, 3.63) is 23.0 Å². The fourth-order valence-electron chi connectivity index (χ4n) is 3.80. The summed E-state index contributed by atoms with van der Waals surface area (Å²) in [4.78, 5) is 11.4. The van der Waals surface area contributed by atoms with E-state index in [-0.39, 0.29) is 24.3 Å². The Morgan fingerprint density at radius 1 is 1.29 bits per heavy atom. The molecular formula is C17H20F4N2O4S. The van der Waals surface area contributed by atoms with Crippen LogP contribution >= 0.6 is 0 Å². The number of hydrogen-bond donors (Lipinski definition) is 2. The van der Waals surface area contributed by atoms with Crippen LogP contribution in [0.15, 0.2) is 6.07 Å². The molecule has 2 aliphatic rings. The first-order valence-corrected chi connectivity index (χ1v) is 10.3. The molecule has 3 rings (SSSR count). The molecular weight excluding hydrogens is 404 g/mol. The first-order valence-electron chi connectivity index (χ1n) is 8.91. The Kier molecular flexibility index (Phi) is 5.48. The molecule has 1 amide bonds. The number of unbranched alkanes of at least 4 members (excludes halogenated alkanes) is 1. The van der Waals surface area contributed by atoms with Crippen LogP contribution in [-0.2, 0) is 27.8 Å². The molecule has 0 spiro atoms. The van der Waals surface area contributed by atoms with Gasteiger partial charge in [0.2, 0.25) is 0 Å². The third-order valence-corrected chi connectivity index (χ3v) is 6.50. The van der Waals surface area contributed by atoms with Crippen molar-refractivity contribution in [2.75, 3.05) is 10.8 Å². The molecule has 156 valence electrons. The highest BCUT2D eigenvalue weighted by Gasteiger charge is 2.39. The average Bonchev–Trinajstić information content (AvgIpc) is 2.83. The second-order valence-electron chi connectivity index (χ2n) is 7.20. The second kappa shape index (κ2) is 7.41. The number of aryl methyl sites for hydroxylation is 1. The van der Waals surface area contributed by atoms with E-state index in [0.29, 0.717) is 35.6 Å². The highest BCUT2D eigenvalue weighted by atomic mass is 32.2. The van der Waals surface area contributed by atoms with E-state index >= 15 is 4.39 Å². The number of phenolic OH excluding ortho intramolecular Hbond substituents is 1. The summed E-state index contributed by atoms with van der Waals surface area (Å²) in [7, 11) is -4.28. The molecule has 11 heteroatoms. The zero-order valence-electron chi connectivity index (χ0n) is 14.9. The van der Waals surface area contributed by atoms with E-state index in [4.69, 9.17) is 0 Å². The number of nitrogens with zero attached hydrogens (tertiary/aromatic N) is 1. The normalized spacial score (nSPS) is 21.5. The summed E-state index contributed by atoms with van der Waals surface area (Å²) in [5.74, 6) is -2.34. The number of anilines is 1. The van der Waals surface area contributed by atoms with Gasteiger partial charge >= 0.3 is 16.4 Å². The highest BCUT2D eigenvalue weighted by molar-refractivity contribution is 7.92. The van der Waals surface area contributed by atoms with Gasteiger partial charge in [-0.3, -0.25) is 4.79 Å². The van der Waals surface area contributed by atoms with E-state index in [1.54, 1.807) is 4.72 Å². The van der Waals surface area contributed by atoms with Crippen LogP contribution in [0.25, 0.3) is 0 Å². The van der Waals surface area contributed by atoms with E-state index in [1.807, 2.05) is 0 Å². The van der Waals surface area contributed by atoms with Gasteiger partial charge in [-0.15, -0.1) is 0 Å². The van der Waals surface area contributed by atoms with Crippen LogP contribution < -0.4 is 9.03 Å². The van der Waals surface area contributed by atoms with Gasteiger partial charge in [0.1, 0.15) is 18.0 Å². The molecule has 1 saturated heterocycles. The number of alkyl halides is 3. The van der Waals surface area contributed by atoms with Crippen molar-refractivity contribution in [1.82, 2.24) is 4.72 Å². The first-order chi connectivity index (χ1) is 13.0. The number of fused-ring (bicyclic) bond motifs is 1. The molecule has 1 heterocycles. The molecule has 0 aromatic heterocycles. The minimum Gasteiger partial charge on any atom is -0.506 e. The quantitative estimate of drug-likeness (QED) is 0.562. The van der Waals surface area contributed by atoms with Gasteiger partial charge in [-0.25, -0.2) is 13.4 Å². The number of benzene rings is 1. The number of hydrogen-bond acceptors (Lipinski definition) is 4. The van der Waals surface area contributed by atoms with Crippen LogP contribution in [0.2, 0.25) is 0 Å². The summed E-state index contributed by atoms with van der Waals surface area (Å²) in [5, 5.41) is 10.2. The van der Waals surface area contributed by atoms with Crippen LogP contribution in [0, 0.1) is 11.7 Å². The first kappa shape index (κ1) is 20.7. The van der Waals surface area contributed by atoms with Crippen LogP contribution in [0.5, 0.6) is 5.75 Å². The summed E-state index contributed by atoms with van der Waals surface area (Å²) in [6.07, 6.45) is -2.82. The summed E-state index contributed by atoms with van der Waals surface area (Å²) in [6.45, 7) is -0.632. The summed E-state index contributed by atoms with van der Waals surface area (Å²) in [6, 6.07) is 1.30. The molecule has 1 aliphatic heterocycles. The molecule has 28 heavy (non-hydrogen) atoms. The lowest BCUT2D eigenvalue weighted by Crippen LogP contribution is -2.31. The third kappa shape index (κ3) is 4.34. The number of aromatic hydroxyl groups is 1. The van der Waals surface area contributed by atoms with Crippen molar-refractivity contribution in [3.63, 3.8) is 0 Å². The molecule has 1 aliphatic carbocycles. The van der Waals surface area contributed by atoms with Crippen LogP contribution in [0.3, 0.4) is 0 Å². The van der Waals surface area contributed by atoms with E-state index in [2.05, 4.69) is 0 Å². The largest absolute Gasteiger partial charge is 0.506 e. The Hall–Kier alpha value is -2.04. The monoisotopic (exact) mass is 424 g/mol. The SMILES string of the molecule is O=C1CN(c2c(O)cc3c(c2F)C[C@H](CCCCC(F)(F)F)CC3)S(=O)(=O)N1. The Balaban J connectivity index is 1.78. The zero-order chi connectivity index (χ0) is 20.7. The van der Waals surface area contributed by atoms with Crippen LogP contribution in [-0.4, -0.2) is 32.2 Å². The lowest BCUT2D eigenvalue weighted by molar-refractivity contribution is -0.135. The maximum Gasteiger partial charge on any atom is 0.389 e. The Labute approximate surface area is 159 Å². The van der Waals surface area contributed by atoms with E-state index in [9.17, 15) is 31.5 Å². The minimum absolute atomic E-state index is 0.00989. The number of halogens is 4. The molecule has 2 N–H and O–H groups in total. The van der Waals surface area contributed by atoms with Gasteiger partial charge < -0.3 is 5.11 Å². The van der Waals surface area contributed by atoms with Crippen molar-refractivity contribution < 1.29 is 35.9 Å². The van der Waals surface area contributed by atoms with Crippen molar-refractivity contribution in [1.29, 1.82) is 0 Å². The van der Waals surface area contributed by atoms with E-state index in [1.165, 1.54) is 6.07 Å². The van der Waals surface area contributed by atoms with Crippen LogP contribution in [0.1, 0.15) is 43.2 Å². The number of carbonyl (C=O) groups excluding carboxylic acids is 1. The molecule has 0 radical (unpaired) electrons. The van der Waals surface area contributed by atoms with E-state index < -0.39 is 52.5 Å². The Bertz CT molecular complexity index is 886. The molecule has 0 unspecified atom stereocenters. The summed E-state index contributed by atoms with van der Waals surface area (Å²) < 4.78 is 78.0. The van der Waals surface area contributed by atoms with Gasteiger partial charge in [-0.05, 0) is 48.8 Å². The number of phenols is 1. The van der Waals surface area contributed by atoms with Gasteiger partial charge in [0.25, 0.3) is 5.91 Å². The van der Waals surface area contributed by atoms with Crippen LogP contribution in [0.4, 0.5) is 23.2 Å². The number of amides is 1. The average molecular weight is 424 g/mol. The standard InChI is InChI=1S/C17H20F4N2O4S/c18-15-12-7-10(3-1-2-6-17(19,20)21)4-5-11(12)8-13(24)16(15)23-9-14(25)22-28(23,26)27/h8,10,24H,1-7,9H2,(H,22,25)/t10-/m1/s1. The third-order valence-electron chi connectivity index (χ3n) is 5.12. The van der Waals surface area contributed by atoms with Gasteiger partial charge in [-0.2, -0.15) is 21.6 Å². The zero-order valence-corrected chi connectivity index (χ0v) is 15.7.